The minimum absolute atomic E-state index is 0.129. The van der Waals surface area contributed by atoms with Crippen LogP contribution in [0.25, 0.3) is 0 Å². The van der Waals surface area contributed by atoms with E-state index in [2.05, 4.69) is 4.99 Å². The molecule has 0 N–H and O–H groups in total. The average molecular weight is 357 g/mol. The van der Waals surface area contributed by atoms with E-state index in [4.69, 9.17) is 4.74 Å². The highest BCUT2D eigenvalue weighted by Gasteiger charge is 2.43. The van der Waals surface area contributed by atoms with Crippen molar-refractivity contribution in [3.05, 3.63) is 45.1 Å². The van der Waals surface area contributed by atoms with Gasteiger partial charge in [0.25, 0.3) is 5.69 Å². The van der Waals surface area contributed by atoms with Crippen molar-refractivity contribution in [3.8, 4) is 5.75 Å². The van der Waals surface area contributed by atoms with E-state index < -0.39 is 34.2 Å². The van der Waals surface area contributed by atoms with Crippen LogP contribution in [0.5, 0.6) is 5.75 Å². The zero-order valence-electron chi connectivity index (χ0n) is 14.4. The van der Waals surface area contributed by atoms with E-state index in [1.165, 1.54) is 13.2 Å². The van der Waals surface area contributed by atoms with Crippen LogP contribution in [0.4, 0.5) is 5.69 Å². The first kappa shape index (κ1) is 17.8. The average Bonchev–Trinajstić information content (AvgIpc) is 2.60. The highest BCUT2D eigenvalue weighted by atomic mass is 16.6. The molecule has 1 unspecified atom stereocenters. The van der Waals surface area contributed by atoms with E-state index >= 15 is 0 Å². The Morgan fingerprint density at radius 1 is 1.35 bits per heavy atom. The largest absolute Gasteiger partial charge is 0.868 e. The van der Waals surface area contributed by atoms with Gasteiger partial charge in [-0.2, -0.15) is 0 Å². The number of benzene rings is 1. The fourth-order valence-electron chi connectivity index (χ4n) is 3.67. The van der Waals surface area contributed by atoms with E-state index in [9.17, 15) is 24.8 Å². The van der Waals surface area contributed by atoms with Gasteiger partial charge >= 0.3 is 5.97 Å². The number of ketones is 1. The summed E-state index contributed by atoms with van der Waals surface area (Å²) < 4.78 is 4.88. The summed E-state index contributed by atoms with van der Waals surface area (Å²) in [7, 11) is 1.24. The fourth-order valence-corrected chi connectivity index (χ4v) is 3.67. The first-order chi connectivity index (χ1) is 12.3. The number of hydrogen-bond acceptors (Lipinski definition) is 7. The zero-order valence-corrected chi connectivity index (χ0v) is 14.4. The molecule has 2 aliphatic rings. The van der Waals surface area contributed by atoms with E-state index in [0.717, 1.165) is 12.1 Å². The van der Waals surface area contributed by atoms with E-state index in [-0.39, 0.29) is 5.78 Å². The molecular weight excluding hydrogens is 340 g/mol. The summed E-state index contributed by atoms with van der Waals surface area (Å²) in [4.78, 5) is 39.8. The number of nitro groups is 1. The van der Waals surface area contributed by atoms with Gasteiger partial charge in [-0.15, -0.1) is 0 Å². The third kappa shape index (κ3) is 2.87. The van der Waals surface area contributed by atoms with Crippen LogP contribution in [0, 0.1) is 16.0 Å². The lowest BCUT2D eigenvalue weighted by molar-refractivity contribution is -0.398. The molecule has 0 aromatic heterocycles. The number of rotatable bonds is 3. The van der Waals surface area contributed by atoms with Gasteiger partial charge in [-0.05, 0) is 31.1 Å². The molecule has 0 bridgehead atoms. The summed E-state index contributed by atoms with van der Waals surface area (Å²) in [6, 6.07) is 3.67. The second kappa shape index (κ2) is 6.70. The number of methoxy groups -OCH3 is 1. The van der Waals surface area contributed by atoms with Crippen molar-refractivity contribution < 1.29 is 24.4 Å². The number of hydrogen-bond donors (Lipinski definition) is 0. The van der Waals surface area contributed by atoms with E-state index in [1.807, 2.05) is 0 Å². The summed E-state index contributed by atoms with van der Waals surface area (Å²) in [5, 5.41) is 22.9. The summed E-state index contributed by atoms with van der Waals surface area (Å²) in [6.07, 6.45) is 1.60. The Balaban J connectivity index is 2.22. The molecule has 1 aliphatic heterocycles. The normalized spacial score (nSPS) is 22.5. The molecule has 1 aliphatic carbocycles. The number of esters is 1. The summed E-state index contributed by atoms with van der Waals surface area (Å²) in [5.74, 6) is -3.04. The van der Waals surface area contributed by atoms with Crippen molar-refractivity contribution in [2.24, 2.45) is 10.9 Å². The molecule has 0 fully saturated rings. The minimum atomic E-state index is -0.863. The van der Waals surface area contributed by atoms with Crippen LogP contribution in [0.15, 0.2) is 34.5 Å². The maximum atomic E-state index is 12.6. The third-order valence-corrected chi connectivity index (χ3v) is 4.83. The standard InChI is InChI=1S/C18H18N2O6/c1-9-15(18(23)26-2)16(17-11(19-9)4-3-5-14(17)22)10-6-7-13(21)12(8-10)20(24)25/h6-8,15-16,21H,3-5H2,1-2H3/p-1/t15?,16-/m1/s1. The Labute approximate surface area is 149 Å². The number of nitrogens with zero attached hydrogens (tertiary/aromatic N) is 2. The summed E-state index contributed by atoms with van der Waals surface area (Å²) in [5.41, 5.74) is 1.27. The SMILES string of the molecule is COC(=O)C1C(C)=NC2=C(C(=O)CCC2)[C@@H]1c1ccc([O-])c([N+](=O)[O-])c1. The first-order valence-electron chi connectivity index (χ1n) is 8.19. The van der Waals surface area contributed by atoms with Crippen LogP contribution in [-0.2, 0) is 14.3 Å². The van der Waals surface area contributed by atoms with Crippen LogP contribution >= 0.6 is 0 Å². The van der Waals surface area contributed by atoms with Gasteiger partial charge in [0.15, 0.2) is 5.78 Å². The second-order valence-electron chi connectivity index (χ2n) is 6.35. The number of allylic oxidation sites excluding steroid dienone is 2. The second-order valence-corrected chi connectivity index (χ2v) is 6.35. The number of Topliss-reactive ketones (excluding diaryl/α,β-unsaturated/α-hetero) is 1. The van der Waals surface area contributed by atoms with Crippen molar-refractivity contribution in [1.29, 1.82) is 0 Å². The molecule has 8 nitrogen and oxygen atoms in total. The van der Waals surface area contributed by atoms with Crippen LogP contribution in [0.1, 0.15) is 37.7 Å². The minimum Gasteiger partial charge on any atom is -0.868 e. The Bertz CT molecular complexity index is 870. The van der Waals surface area contributed by atoms with Gasteiger partial charge in [0, 0.05) is 35.4 Å². The molecule has 0 saturated carbocycles. The van der Waals surface area contributed by atoms with Gasteiger partial charge in [-0.1, -0.05) is 12.1 Å². The summed E-state index contributed by atoms with van der Waals surface area (Å²) >= 11 is 0. The quantitative estimate of drug-likeness (QED) is 0.463. The van der Waals surface area contributed by atoms with Crippen molar-refractivity contribution in [1.82, 2.24) is 0 Å². The van der Waals surface area contributed by atoms with Gasteiger partial charge in [0.05, 0.1) is 12.0 Å². The monoisotopic (exact) mass is 357 g/mol. The number of nitro benzene ring substituents is 1. The van der Waals surface area contributed by atoms with Crippen molar-refractivity contribution >= 4 is 23.2 Å². The van der Waals surface area contributed by atoms with Crippen molar-refractivity contribution in [2.75, 3.05) is 7.11 Å². The fraction of sp³-hybridized carbons (Fsp3) is 0.389. The Morgan fingerprint density at radius 3 is 2.73 bits per heavy atom. The number of ether oxygens (including phenoxy) is 1. The van der Waals surface area contributed by atoms with E-state index in [1.54, 1.807) is 6.92 Å². The molecule has 1 heterocycles. The lowest BCUT2D eigenvalue weighted by Gasteiger charge is -2.34. The molecule has 0 amide bonds. The van der Waals surface area contributed by atoms with Crippen LogP contribution in [-0.4, -0.2) is 29.5 Å². The van der Waals surface area contributed by atoms with Gasteiger partial charge in [0.1, 0.15) is 5.92 Å². The molecule has 3 rings (SSSR count). The molecule has 1 aromatic rings. The van der Waals surface area contributed by atoms with Crippen LogP contribution < -0.4 is 5.11 Å². The number of carbonyl (C=O) groups is 2. The Hall–Kier alpha value is -3.03. The maximum Gasteiger partial charge on any atom is 0.315 e. The van der Waals surface area contributed by atoms with Gasteiger partial charge < -0.3 is 9.84 Å². The molecular formula is C18H17N2O6-. The van der Waals surface area contributed by atoms with Crippen LogP contribution in [0.3, 0.4) is 0 Å². The number of aliphatic imine (C=N–C) groups is 1. The molecule has 0 radical (unpaired) electrons. The molecule has 2 atom stereocenters. The molecule has 8 heteroatoms. The number of carbonyl (C=O) groups excluding carboxylic acids is 2. The Morgan fingerprint density at radius 2 is 2.08 bits per heavy atom. The molecule has 136 valence electrons. The molecule has 1 aromatic carbocycles. The summed E-state index contributed by atoms with van der Waals surface area (Å²) in [6.45, 7) is 1.67. The van der Waals surface area contributed by atoms with Gasteiger partial charge in [0.2, 0.25) is 0 Å². The molecule has 0 spiro atoms. The lowest BCUT2D eigenvalue weighted by atomic mass is 9.71. The predicted molar refractivity (Wildman–Crippen MR) is 89.8 cm³/mol. The highest BCUT2D eigenvalue weighted by Crippen LogP contribution is 2.44. The van der Waals surface area contributed by atoms with Crippen LogP contribution in [0.2, 0.25) is 0 Å². The van der Waals surface area contributed by atoms with Gasteiger partial charge in [-0.3, -0.25) is 24.7 Å². The lowest BCUT2D eigenvalue weighted by Crippen LogP contribution is -2.37. The highest BCUT2D eigenvalue weighted by molar-refractivity contribution is 6.08. The topological polar surface area (TPSA) is 122 Å². The molecule has 26 heavy (non-hydrogen) atoms. The predicted octanol–water partition coefficient (Wildman–Crippen LogP) is 2.02. The smallest absolute Gasteiger partial charge is 0.315 e. The zero-order chi connectivity index (χ0) is 19.0. The maximum absolute atomic E-state index is 12.6. The first-order valence-corrected chi connectivity index (χ1v) is 8.19. The molecule has 0 saturated heterocycles. The Kier molecular flexibility index (Phi) is 4.58. The third-order valence-electron chi connectivity index (χ3n) is 4.83. The van der Waals surface area contributed by atoms with Crippen molar-refractivity contribution in [3.63, 3.8) is 0 Å². The van der Waals surface area contributed by atoms with Crippen molar-refractivity contribution in [2.45, 2.75) is 32.1 Å². The van der Waals surface area contributed by atoms with Gasteiger partial charge in [-0.25, -0.2) is 0 Å². The van der Waals surface area contributed by atoms with E-state index in [0.29, 0.717) is 41.8 Å².